The molecule has 0 saturated carbocycles. The minimum atomic E-state index is 0.807. The van der Waals surface area contributed by atoms with E-state index >= 15 is 0 Å². The summed E-state index contributed by atoms with van der Waals surface area (Å²) in [5.74, 6) is 1.73. The molecule has 3 heteroatoms. The van der Waals surface area contributed by atoms with Crippen LogP contribution in [0, 0.1) is 6.92 Å². The monoisotopic (exact) mass is 255 g/mol. The Morgan fingerprint density at radius 3 is 2.63 bits per heavy atom. The number of benzene rings is 1. The van der Waals surface area contributed by atoms with E-state index < -0.39 is 0 Å². The molecular weight excluding hydrogens is 234 g/mol. The third-order valence-electron chi connectivity index (χ3n) is 2.97. The summed E-state index contributed by atoms with van der Waals surface area (Å²) in [4.78, 5) is 9.23. The van der Waals surface area contributed by atoms with Crippen LogP contribution in [0.25, 0.3) is 11.4 Å². The van der Waals surface area contributed by atoms with Crippen molar-refractivity contribution in [2.45, 2.75) is 33.6 Å². The number of aryl methyl sites for hydroxylation is 2. The van der Waals surface area contributed by atoms with Crippen LogP contribution in [0.2, 0.25) is 0 Å². The zero-order valence-corrected chi connectivity index (χ0v) is 11.9. The van der Waals surface area contributed by atoms with Gasteiger partial charge in [-0.1, -0.05) is 37.6 Å². The second kappa shape index (κ2) is 6.32. The van der Waals surface area contributed by atoms with Crippen LogP contribution in [0.4, 0.5) is 5.82 Å². The summed E-state index contributed by atoms with van der Waals surface area (Å²) in [6, 6.07) is 10.4. The average molecular weight is 255 g/mol. The highest BCUT2D eigenvalue weighted by Gasteiger charge is 2.06. The van der Waals surface area contributed by atoms with E-state index in [0.717, 1.165) is 42.3 Å². The van der Waals surface area contributed by atoms with Gasteiger partial charge in [-0.3, -0.25) is 0 Å². The molecule has 0 saturated heterocycles. The lowest BCUT2D eigenvalue weighted by atomic mass is 10.1. The Kier molecular flexibility index (Phi) is 4.50. The standard InChI is InChI=1S/C16H21N3/c1-4-9-17-15-11-14(5-2)18-16(19-15)13-8-6-7-12(3)10-13/h6-8,10-11H,4-5,9H2,1-3H3,(H,17,18,19). The van der Waals surface area contributed by atoms with Crippen LogP contribution < -0.4 is 5.32 Å². The third kappa shape index (κ3) is 3.53. The molecule has 0 amide bonds. The van der Waals surface area contributed by atoms with Crippen molar-refractivity contribution in [2.75, 3.05) is 11.9 Å². The fourth-order valence-corrected chi connectivity index (χ4v) is 1.94. The smallest absolute Gasteiger partial charge is 0.161 e. The molecule has 1 heterocycles. The van der Waals surface area contributed by atoms with Gasteiger partial charge in [-0.2, -0.15) is 0 Å². The van der Waals surface area contributed by atoms with Gasteiger partial charge >= 0.3 is 0 Å². The van der Waals surface area contributed by atoms with Gasteiger partial charge in [-0.05, 0) is 25.8 Å². The Morgan fingerprint density at radius 2 is 1.95 bits per heavy atom. The van der Waals surface area contributed by atoms with Crippen molar-refractivity contribution in [3.8, 4) is 11.4 Å². The van der Waals surface area contributed by atoms with Gasteiger partial charge in [-0.25, -0.2) is 9.97 Å². The highest BCUT2D eigenvalue weighted by atomic mass is 15.0. The molecule has 0 atom stereocenters. The molecule has 0 bridgehead atoms. The van der Waals surface area contributed by atoms with E-state index in [1.165, 1.54) is 5.56 Å². The molecule has 1 aromatic heterocycles. The van der Waals surface area contributed by atoms with E-state index in [4.69, 9.17) is 0 Å². The van der Waals surface area contributed by atoms with Crippen LogP contribution in [-0.2, 0) is 6.42 Å². The van der Waals surface area contributed by atoms with Gasteiger partial charge in [0.1, 0.15) is 5.82 Å². The third-order valence-corrected chi connectivity index (χ3v) is 2.97. The van der Waals surface area contributed by atoms with Gasteiger partial charge in [0, 0.05) is 23.9 Å². The van der Waals surface area contributed by atoms with Crippen LogP contribution >= 0.6 is 0 Å². The van der Waals surface area contributed by atoms with Crippen LogP contribution in [0.3, 0.4) is 0 Å². The van der Waals surface area contributed by atoms with Gasteiger partial charge in [0.2, 0.25) is 0 Å². The maximum Gasteiger partial charge on any atom is 0.161 e. The van der Waals surface area contributed by atoms with Gasteiger partial charge in [0.05, 0.1) is 0 Å². The van der Waals surface area contributed by atoms with E-state index in [1.807, 2.05) is 12.1 Å². The number of nitrogens with one attached hydrogen (secondary N) is 1. The summed E-state index contributed by atoms with van der Waals surface area (Å²) < 4.78 is 0. The van der Waals surface area contributed by atoms with Crippen molar-refractivity contribution >= 4 is 5.82 Å². The Hall–Kier alpha value is -1.90. The average Bonchev–Trinajstić information content (AvgIpc) is 2.44. The van der Waals surface area contributed by atoms with Crippen molar-refractivity contribution < 1.29 is 0 Å². The molecule has 0 unspecified atom stereocenters. The first-order valence-electron chi connectivity index (χ1n) is 6.91. The van der Waals surface area contributed by atoms with Crippen molar-refractivity contribution in [3.05, 3.63) is 41.6 Å². The van der Waals surface area contributed by atoms with Crippen LogP contribution in [0.1, 0.15) is 31.5 Å². The molecule has 2 aromatic rings. The molecule has 0 radical (unpaired) electrons. The van der Waals surface area contributed by atoms with E-state index in [-0.39, 0.29) is 0 Å². The topological polar surface area (TPSA) is 37.8 Å². The van der Waals surface area contributed by atoms with Crippen molar-refractivity contribution in [2.24, 2.45) is 0 Å². The van der Waals surface area contributed by atoms with Gasteiger partial charge < -0.3 is 5.32 Å². The molecule has 0 aliphatic heterocycles. The number of nitrogens with zero attached hydrogens (tertiary/aromatic N) is 2. The predicted molar refractivity (Wildman–Crippen MR) is 80.4 cm³/mol. The molecule has 1 aromatic carbocycles. The Balaban J connectivity index is 2.38. The Bertz CT molecular complexity index is 549. The second-order valence-corrected chi connectivity index (χ2v) is 4.72. The summed E-state index contributed by atoms with van der Waals surface area (Å²) in [6.07, 6.45) is 2.01. The normalized spacial score (nSPS) is 10.5. The van der Waals surface area contributed by atoms with E-state index in [1.54, 1.807) is 0 Å². The first-order valence-corrected chi connectivity index (χ1v) is 6.91. The lowest BCUT2D eigenvalue weighted by molar-refractivity contribution is 0.951. The second-order valence-electron chi connectivity index (χ2n) is 4.72. The lowest BCUT2D eigenvalue weighted by Crippen LogP contribution is -2.05. The predicted octanol–water partition coefficient (Wildman–Crippen LogP) is 3.84. The minimum Gasteiger partial charge on any atom is -0.370 e. The fraction of sp³-hybridized carbons (Fsp3) is 0.375. The maximum absolute atomic E-state index is 4.62. The molecule has 0 aliphatic rings. The number of hydrogen-bond acceptors (Lipinski definition) is 3. The maximum atomic E-state index is 4.62. The minimum absolute atomic E-state index is 0.807. The molecule has 0 spiro atoms. The summed E-state index contributed by atoms with van der Waals surface area (Å²) in [5, 5.41) is 3.34. The quantitative estimate of drug-likeness (QED) is 0.882. The summed E-state index contributed by atoms with van der Waals surface area (Å²) >= 11 is 0. The summed E-state index contributed by atoms with van der Waals surface area (Å²) in [7, 11) is 0. The van der Waals surface area contributed by atoms with Crippen LogP contribution in [-0.4, -0.2) is 16.5 Å². The van der Waals surface area contributed by atoms with Crippen molar-refractivity contribution in [1.82, 2.24) is 9.97 Å². The molecule has 3 nitrogen and oxygen atoms in total. The molecule has 0 aliphatic carbocycles. The van der Waals surface area contributed by atoms with Gasteiger partial charge in [-0.15, -0.1) is 0 Å². The van der Waals surface area contributed by atoms with Gasteiger partial charge in [0.15, 0.2) is 5.82 Å². The van der Waals surface area contributed by atoms with Crippen LogP contribution in [0.15, 0.2) is 30.3 Å². The Labute approximate surface area is 115 Å². The van der Waals surface area contributed by atoms with Crippen molar-refractivity contribution in [1.29, 1.82) is 0 Å². The SMILES string of the molecule is CCCNc1cc(CC)nc(-c2cccc(C)c2)n1. The van der Waals surface area contributed by atoms with E-state index in [2.05, 4.69) is 54.3 Å². The first kappa shape index (κ1) is 13.5. The molecule has 100 valence electrons. The van der Waals surface area contributed by atoms with Gasteiger partial charge in [0.25, 0.3) is 0 Å². The van der Waals surface area contributed by atoms with Crippen LogP contribution in [0.5, 0.6) is 0 Å². The lowest BCUT2D eigenvalue weighted by Gasteiger charge is -2.09. The molecule has 0 fully saturated rings. The number of aromatic nitrogens is 2. The molecular formula is C16H21N3. The van der Waals surface area contributed by atoms with E-state index in [9.17, 15) is 0 Å². The number of hydrogen-bond donors (Lipinski definition) is 1. The number of rotatable bonds is 5. The molecule has 2 rings (SSSR count). The summed E-state index contributed by atoms with van der Waals surface area (Å²) in [6.45, 7) is 7.29. The van der Waals surface area contributed by atoms with Crippen molar-refractivity contribution in [3.63, 3.8) is 0 Å². The first-order chi connectivity index (χ1) is 9.22. The molecule has 1 N–H and O–H groups in total. The fourth-order valence-electron chi connectivity index (χ4n) is 1.94. The zero-order valence-electron chi connectivity index (χ0n) is 11.9. The highest BCUT2D eigenvalue weighted by Crippen LogP contribution is 2.19. The zero-order chi connectivity index (χ0) is 13.7. The largest absolute Gasteiger partial charge is 0.370 e. The molecule has 19 heavy (non-hydrogen) atoms. The Morgan fingerprint density at radius 1 is 1.11 bits per heavy atom. The number of anilines is 1. The summed E-state index contributed by atoms with van der Waals surface area (Å²) in [5.41, 5.74) is 3.38. The highest BCUT2D eigenvalue weighted by molar-refractivity contribution is 5.58. The van der Waals surface area contributed by atoms with E-state index in [0.29, 0.717) is 0 Å².